The van der Waals surface area contributed by atoms with Crippen LogP contribution in [0.15, 0.2) is 23.3 Å². The molecule has 0 aromatic carbocycles. The molecule has 0 aromatic rings. The Morgan fingerprint density at radius 3 is 2.60 bits per heavy atom. The molecule has 25 heavy (non-hydrogen) atoms. The fourth-order valence-electron chi connectivity index (χ4n) is 5.77. The summed E-state index contributed by atoms with van der Waals surface area (Å²) in [5.74, 6) is -0.270. The molecule has 0 radical (unpaired) electrons. The van der Waals surface area contributed by atoms with E-state index in [1.807, 2.05) is 19.9 Å². The molecular formula is C21H32O4. The second kappa shape index (κ2) is 6.64. The van der Waals surface area contributed by atoms with E-state index in [9.17, 15) is 15.0 Å². The van der Waals surface area contributed by atoms with Crippen LogP contribution in [0, 0.1) is 23.2 Å². The van der Waals surface area contributed by atoms with E-state index in [0.29, 0.717) is 6.42 Å². The third-order valence-electron chi connectivity index (χ3n) is 7.06. The van der Waals surface area contributed by atoms with Gasteiger partial charge in [-0.05, 0) is 62.9 Å². The molecule has 2 bridgehead atoms. The van der Waals surface area contributed by atoms with Crippen LogP contribution in [0.2, 0.25) is 0 Å². The van der Waals surface area contributed by atoms with Gasteiger partial charge in [0, 0.05) is 18.9 Å². The van der Waals surface area contributed by atoms with Gasteiger partial charge in [0.05, 0.1) is 17.8 Å². The van der Waals surface area contributed by atoms with Crippen molar-refractivity contribution < 1.29 is 19.7 Å². The molecule has 0 aliphatic heterocycles. The normalized spacial score (nSPS) is 46.5. The van der Waals surface area contributed by atoms with Crippen LogP contribution in [0.3, 0.4) is 0 Å². The van der Waals surface area contributed by atoms with Crippen LogP contribution in [0.4, 0.5) is 0 Å². The number of ether oxygens (including phenoxy) is 1. The van der Waals surface area contributed by atoms with Crippen molar-refractivity contribution in [2.45, 2.75) is 70.7 Å². The zero-order valence-electron chi connectivity index (χ0n) is 15.9. The number of fused-ring (bicyclic) bond motifs is 4. The van der Waals surface area contributed by atoms with Crippen molar-refractivity contribution in [1.29, 1.82) is 0 Å². The van der Waals surface area contributed by atoms with Crippen molar-refractivity contribution >= 4 is 6.29 Å². The SMILES string of the molecule is CO[C@@]12CC[C@@H](O)[C@@](C)(CC[C@@H]3C(C=O)=CC(C=C(C)C)[C@H](O)[C@H]31)C2. The lowest BCUT2D eigenvalue weighted by atomic mass is 9.59. The smallest absolute Gasteiger partial charge is 0.146 e. The summed E-state index contributed by atoms with van der Waals surface area (Å²) >= 11 is 0. The fraction of sp³-hybridized carbons (Fsp3) is 0.762. The summed E-state index contributed by atoms with van der Waals surface area (Å²) in [6.07, 6.45) is 7.87. The molecule has 3 aliphatic carbocycles. The number of allylic oxidation sites excluding steroid dienone is 2. The van der Waals surface area contributed by atoms with Gasteiger partial charge in [-0.2, -0.15) is 0 Å². The summed E-state index contributed by atoms with van der Waals surface area (Å²) in [6, 6.07) is 0. The Bertz CT molecular complexity index is 591. The Labute approximate surface area is 151 Å². The van der Waals surface area contributed by atoms with E-state index < -0.39 is 11.7 Å². The van der Waals surface area contributed by atoms with Crippen molar-refractivity contribution in [3.05, 3.63) is 23.3 Å². The van der Waals surface area contributed by atoms with Crippen LogP contribution in [0.25, 0.3) is 0 Å². The largest absolute Gasteiger partial charge is 0.393 e. The number of hydrogen-bond acceptors (Lipinski definition) is 4. The average molecular weight is 348 g/mol. The molecule has 3 rings (SSSR count). The summed E-state index contributed by atoms with van der Waals surface area (Å²) in [5.41, 5.74) is 1.23. The lowest BCUT2D eigenvalue weighted by Crippen LogP contribution is -2.57. The van der Waals surface area contributed by atoms with Crippen LogP contribution in [0.5, 0.6) is 0 Å². The van der Waals surface area contributed by atoms with Crippen molar-refractivity contribution in [1.82, 2.24) is 0 Å². The predicted octanol–water partition coefficient (Wildman–Crippen LogP) is 3.03. The van der Waals surface area contributed by atoms with Gasteiger partial charge in [0.25, 0.3) is 0 Å². The zero-order valence-corrected chi connectivity index (χ0v) is 15.9. The van der Waals surface area contributed by atoms with Crippen LogP contribution in [0.1, 0.15) is 52.9 Å². The maximum absolute atomic E-state index is 11.8. The van der Waals surface area contributed by atoms with Gasteiger partial charge in [0.2, 0.25) is 0 Å². The van der Waals surface area contributed by atoms with E-state index in [2.05, 4.69) is 13.0 Å². The quantitative estimate of drug-likeness (QED) is 0.608. The van der Waals surface area contributed by atoms with Gasteiger partial charge in [0.1, 0.15) is 6.29 Å². The first kappa shape index (κ1) is 18.8. The van der Waals surface area contributed by atoms with Crippen LogP contribution in [-0.4, -0.2) is 41.4 Å². The van der Waals surface area contributed by atoms with E-state index in [1.165, 1.54) is 0 Å². The molecule has 7 atom stereocenters. The molecule has 0 amide bonds. The first-order chi connectivity index (χ1) is 11.8. The second-order valence-electron chi connectivity index (χ2n) is 8.92. The maximum atomic E-state index is 11.8. The fourth-order valence-corrected chi connectivity index (χ4v) is 5.77. The number of aliphatic hydroxyl groups excluding tert-OH is 2. The summed E-state index contributed by atoms with van der Waals surface area (Å²) in [6.45, 7) is 6.16. The van der Waals surface area contributed by atoms with Crippen LogP contribution in [-0.2, 0) is 9.53 Å². The predicted molar refractivity (Wildman–Crippen MR) is 97.0 cm³/mol. The van der Waals surface area contributed by atoms with Gasteiger partial charge in [-0.1, -0.05) is 24.6 Å². The lowest BCUT2D eigenvalue weighted by molar-refractivity contribution is -0.172. The van der Waals surface area contributed by atoms with Gasteiger partial charge in [-0.25, -0.2) is 0 Å². The van der Waals surface area contributed by atoms with E-state index in [0.717, 1.165) is 43.1 Å². The first-order valence-electron chi connectivity index (χ1n) is 9.49. The second-order valence-corrected chi connectivity index (χ2v) is 8.92. The summed E-state index contributed by atoms with van der Waals surface area (Å²) in [7, 11) is 1.72. The summed E-state index contributed by atoms with van der Waals surface area (Å²) in [4.78, 5) is 11.8. The van der Waals surface area contributed by atoms with E-state index in [1.54, 1.807) is 7.11 Å². The molecule has 2 fully saturated rings. The van der Waals surface area contributed by atoms with Crippen molar-refractivity contribution in [2.75, 3.05) is 7.11 Å². The number of aliphatic hydroxyl groups is 2. The van der Waals surface area contributed by atoms with Gasteiger partial charge < -0.3 is 14.9 Å². The van der Waals surface area contributed by atoms with Gasteiger partial charge in [-0.3, -0.25) is 4.79 Å². The van der Waals surface area contributed by atoms with E-state index >= 15 is 0 Å². The van der Waals surface area contributed by atoms with Crippen LogP contribution < -0.4 is 0 Å². The molecule has 0 spiro atoms. The van der Waals surface area contributed by atoms with Crippen molar-refractivity contribution in [2.24, 2.45) is 23.2 Å². The number of aldehydes is 1. The first-order valence-corrected chi connectivity index (χ1v) is 9.49. The molecule has 1 unspecified atom stereocenters. The van der Waals surface area contributed by atoms with Crippen molar-refractivity contribution in [3.63, 3.8) is 0 Å². The molecule has 0 aromatic heterocycles. The minimum Gasteiger partial charge on any atom is -0.393 e. The highest BCUT2D eigenvalue weighted by molar-refractivity contribution is 5.75. The number of hydrogen-bond donors (Lipinski definition) is 2. The minimum atomic E-state index is -0.568. The van der Waals surface area contributed by atoms with Crippen LogP contribution >= 0.6 is 0 Å². The standard InChI is InChI=1S/C21H32O4/c1-13(2)9-14-10-15(11-22)16-5-7-20(3)12-21(25-4,8-6-17(20)23)18(16)19(14)24/h9-11,14,16-19,23-24H,5-8,12H2,1-4H3/t14?,16-,17-,18+,19+,20+,21-/m1/s1. The number of rotatable bonds is 3. The highest BCUT2D eigenvalue weighted by Gasteiger charge is 2.59. The third-order valence-corrected chi connectivity index (χ3v) is 7.06. The highest BCUT2D eigenvalue weighted by Crippen LogP contribution is 2.58. The summed E-state index contributed by atoms with van der Waals surface area (Å²) in [5, 5.41) is 21.9. The highest BCUT2D eigenvalue weighted by atomic mass is 16.5. The Morgan fingerprint density at radius 1 is 1.28 bits per heavy atom. The molecule has 3 aliphatic rings. The average Bonchev–Trinajstić information content (AvgIpc) is 2.68. The lowest BCUT2D eigenvalue weighted by Gasteiger charge is -2.53. The Kier molecular flexibility index (Phi) is 5.00. The third kappa shape index (κ3) is 3.02. The molecule has 0 saturated heterocycles. The maximum Gasteiger partial charge on any atom is 0.146 e. The van der Waals surface area contributed by atoms with Gasteiger partial charge in [-0.15, -0.1) is 0 Å². The topological polar surface area (TPSA) is 66.8 Å². The molecule has 140 valence electrons. The monoisotopic (exact) mass is 348 g/mol. The molecule has 4 heteroatoms. The molecule has 2 N–H and O–H groups in total. The Morgan fingerprint density at radius 2 is 2.00 bits per heavy atom. The molecule has 2 saturated carbocycles. The Hall–Kier alpha value is -0.970. The van der Waals surface area contributed by atoms with E-state index in [-0.39, 0.29) is 29.3 Å². The Balaban J connectivity index is 2.10. The van der Waals surface area contributed by atoms with Gasteiger partial charge >= 0.3 is 0 Å². The minimum absolute atomic E-state index is 0.00128. The van der Waals surface area contributed by atoms with E-state index in [4.69, 9.17) is 4.74 Å². The molecule has 0 heterocycles. The number of methoxy groups -OCH3 is 1. The molecule has 4 nitrogen and oxygen atoms in total. The number of carbonyl (C=O) groups is 1. The molecular weight excluding hydrogens is 316 g/mol. The van der Waals surface area contributed by atoms with Crippen molar-refractivity contribution in [3.8, 4) is 0 Å². The number of carbonyl (C=O) groups excluding carboxylic acids is 1. The summed E-state index contributed by atoms with van der Waals surface area (Å²) < 4.78 is 6.09. The van der Waals surface area contributed by atoms with Gasteiger partial charge in [0.15, 0.2) is 0 Å². The zero-order chi connectivity index (χ0) is 18.4.